The van der Waals surface area contributed by atoms with Gasteiger partial charge in [0.2, 0.25) is 0 Å². The van der Waals surface area contributed by atoms with Crippen LogP contribution in [0.15, 0.2) is 35.1 Å². The van der Waals surface area contributed by atoms with Crippen molar-refractivity contribution in [1.29, 1.82) is 0 Å². The van der Waals surface area contributed by atoms with Gasteiger partial charge in [-0.2, -0.15) is 0 Å². The second-order valence-electron chi connectivity index (χ2n) is 8.57. The monoisotopic (exact) mass is 576 g/mol. The summed E-state index contributed by atoms with van der Waals surface area (Å²) >= 11 is 0. The molecule has 0 spiro atoms. The van der Waals surface area contributed by atoms with Crippen LogP contribution in [0.25, 0.3) is 12.2 Å². The minimum atomic E-state index is -4.31. The van der Waals surface area contributed by atoms with Gasteiger partial charge in [0.05, 0.1) is 25.3 Å². The van der Waals surface area contributed by atoms with Gasteiger partial charge in [-0.05, 0) is 75.2 Å². The minimum Gasteiger partial charge on any atom is -0.496 e. The van der Waals surface area contributed by atoms with Crippen molar-refractivity contribution in [3.63, 3.8) is 0 Å². The van der Waals surface area contributed by atoms with Gasteiger partial charge in [-0.1, -0.05) is 0 Å². The van der Waals surface area contributed by atoms with Crippen molar-refractivity contribution >= 4 is 55.0 Å². The molecule has 2 aromatic carbocycles. The fourth-order valence-electron chi connectivity index (χ4n) is 3.74. The van der Waals surface area contributed by atoms with E-state index in [1.54, 1.807) is 0 Å². The zero-order chi connectivity index (χ0) is 29.7. The van der Waals surface area contributed by atoms with E-state index in [-0.39, 0.29) is 44.9 Å². The van der Waals surface area contributed by atoms with E-state index < -0.39 is 47.9 Å². The maximum Gasteiger partial charge on any atom is 0.186 e. The first-order valence-electron chi connectivity index (χ1n) is 11.3. The molecule has 10 nitrogen and oxygen atoms in total. The number of rotatable bonds is 12. The molecule has 0 aliphatic rings. The lowest BCUT2D eigenvalue weighted by atomic mass is 9.97. The topological polar surface area (TPSA) is 155 Å². The highest BCUT2D eigenvalue weighted by atomic mass is 32.3. The van der Waals surface area contributed by atoms with E-state index in [1.807, 2.05) is 0 Å². The summed E-state index contributed by atoms with van der Waals surface area (Å²) in [6.07, 6.45) is 2.19. The van der Waals surface area contributed by atoms with Crippen molar-refractivity contribution in [3.05, 3.63) is 68.5 Å². The van der Waals surface area contributed by atoms with Crippen LogP contribution in [0.4, 0.5) is 0 Å². The van der Waals surface area contributed by atoms with Crippen LogP contribution in [0.2, 0.25) is 0 Å². The standard InChI is InChI=1S/C27H28O10S2/c1-16(28)22-11-20(13-24(36-5)26(22)18(3)30)7-9-38(32,33)15-39(34,35)10-8-21-12-23(17(2)29)27(19(4)31)25(14-21)37-6/h7-14H,15H2,1-6H3/b9-7+,10-8+. The Kier molecular flexibility index (Phi) is 9.88. The Balaban J connectivity index is 2.40. The average molecular weight is 577 g/mol. The van der Waals surface area contributed by atoms with E-state index in [9.17, 15) is 36.0 Å². The van der Waals surface area contributed by atoms with Gasteiger partial charge in [0.25, 0.3) is 0 Å². The van der Waals surface area contributed by atoms with Crippen LogP contribution in [0.5, 0.6) is 11.5 Å². The van der Waals surface area contributed by atoms with Crippen molar-refractivity contribution in [2.45, 2.75) is 27.7 Å². The molecule has 0 amide bonds. The highest BCUT2D eigenvalue weighted by Gasteiger charge is 2.21. The number of methoxy groups -OCH3 is 2. The number of ether oxygens (including phenoxy) is 2. The number of carbonyl (C=O) groups is 4. The third kappa shape index (κ3) is 8.04. The molecule has 0 aromatic heterocycles. The maximum atomic E-state index is 12.6. The molecule has 0 radical (unpaired) electrons. The largest absolute Gasteiger partial charge is 0.496 e. The van der Waals surface area contributed by atoms with Crippen molar-refractivity contribution in [1.82, 2.24) is 0 Å². The molecule has 0 N–H and O–H groups in total. The van der Waals surface area contributed by atoms with Crippen LogP contribution >= 0.6 is 0 Å². The fourth-order valence-corrected chi connectivity index (χ4v) is 6.93. The van der Waals surface area contributed by atoms with Gasteiger partial charge in [-0.15, -0.1) is 0 Å². The van der Waals surface area contributed by atoms with Gasteiger partial charge in [0.1, 0.15) is 11.5 Å². The first-order chi connectivity index (χ1) is 18.0. The molecular weight excluding hydrogens is 548 g/mol. The van der Waals surface area contributed by atoms with Crippen LogP contribution < -0.4 is 9.47 Å². The molecular formula is C27H28O10S2. The normalized spacial score (nSPS) is 12.1. The maximum absolute atomic E-state index is 12.6. The molecule has 2 rings (SSSR count). The molecule has 0 saturated carbocycles. The van der Waals surface area contributed by atoms with Gasteiger partial charge in [0.15, 0.2) is 47.9 Å². The molecule has 0 atom stereocenters. The molecule has 208 valence electrons. The van der Waals surface area contributed by atoms with Gasteiger partial charge in [-0.3, -0.25) is 19.2 Å². The molecule has 0 heterocycles. The third-order valence-corrected chi connectivity index (χ3v) is 9.15. The van der Waals surface area contributed by atoms with Crippen LogP contribution in [0, 0.1) is 0 Å². The van der Waals surface area contributed by atoms with E-state index in [4.69, 9.17) is 9.47 Å². The van der Waals surface area contributed by atoms with Crippen molar-refractivity contribution in [2.75, 3.05) is 19.3 Å². The predicted molar refractivity (Wildman–Crippen MR) is 147 cm³/mol. The molecule has 39 heavy (non-hydrogen) atoms. The Morgan fingerprint density at radius 1 is 0.615 bits per heavy atom. The zero-order valence-electron chi connectivity index (χ0n) is 22.2. The lowest BCUT2D eigenvalue weighted by Gasteiger charge is -2.11. The Labute approximate surface area is 227 Å². The van der Waals surface area contributed by atoms with Gasteiger partial charge in [-0.25, -0.2) is 16.8 Å². The van der Waals surface area contributed by atoms with E-state index in [2.05, 4.69) is 0 Å². The van der Waals surface area contributed by atoms with E-state index in [0.29, 0.717) is 10.8 Å². The number of ketones is 4. The van der Waals surface area contributed by atoms with Gasteiger partial charge in [0, 0.05) is 21.9 Å². The van der Waals surface area contributed by atoms with Crippen LogP contribution in [-0.4, -0.2) is 59.3 Å². The third-order valence-electron chi connectivity index (χ3n) is 5.42. The average Bonchev–Trinajstić information content (AvgIpc) is 2.83. The summed E-state index contributed by atoms with van der Waals surface area (Å²) in [7, 11) is -6.04. The second-order valence-corrected chi connectivity index (χ2v) is 12.7. The molecule has 12 heteroatoms. The summed E-state index contributed by atoms with van der Waals surface area (Å²) in [4.78, 5) is 48.0. The number of sulfone groups is 2. The molecule has 2 aromatic rings. The van der Waals surface area contributed by atoms with Crippen molar-refractivity contribution < 1.29 is 45.5 Å². The highest BCUT2D eigenvalue weighted by molar-refractivity contribution is 8.10. The Morgan fingerprint density at radius 2 is 0.949 bits per heavy atom. The molecule has 0 bridgehead atoms. The van der Waals surface area contributed by atoms with Crippen LogP contribution in [0.3, 0.4) is 0 Å². The Bertz CT molecular complexity index is 1510. The molecule has 0 aliphatic carbocycles. The Hall–Kier alpha value is -3.90. The fraction of sp³-hybridized carbons (Fsp3) is 0.259. The SMILES string of the molecule is COc1cc(/C=C/S(=O)(=O)CS(=O)(=O)/C=C/c2cc(OC)c(C(C)=O)c(C(C)=O)c2)cc(C(C)=O)c1C(C)=O. The summed E-state index contributed by atoms with van der Waals surface area (Å²) in [6.45, 7) is 5.01. The summed E-state index contributed by atoms with van der Waals surface area (Å²) in [5.74, 6) is -1.57. The minimum absolute atomic E-state index is 0.0330. The van der Waals surface area contributed by atoms with Crippen LogP contribution in [-0.2, 0) is 19.7 Å². The number of hydrogen-bond acceptors (Lipinski definition) is 10. The van der Waals surface area contributed by atoms with E-state index in [1.165, 1.54) is 66.2 Å². The number of Topliss-reactive ketones (excluding diaryl/α,β-unsaturated/α-hetero) is 4. The van der Waals surface area contributed by atoms with E-state index >= 15 is 0 Å². The van der Waals surface area contributed by atoms with Gasteiger partial charge >= 0.3 is 0 Å². The van der Waals surface area contributed by atoms with Crippen molar-refractivity contribution in [3.8, 4) is 11.5 Å². The number of benzene rings is 2. The molecule has 0 saturated heterocycles. The molecule has 0 aliphatic heterocycles. The smallest absolute Gasteiger partial charge is 0.186 e. The lowest BCUT2D eigenvalue weighted by Crippen LogP contribution is -2.12. The summed E-state index contributed by atoms with van der Waals surface area (Å²) < 4.78 is 60.7. The van der Waals surface area contributed by atoms with Gasteiger partial charge < -0.3 is 9.47 Å². The number of hydrogen-bond donors (Lipinski definition) is 0. The van der Waals surface area contributed by atoms with Crippen molar-refractivity contribution in [2.24, 2.45) is 0 Å². The van der Waals surface area contributed by atoms with E-state index in [0.717, 1.165) is 12.2 Å². The predicted octanol–water partition coefficient (Wildman–Crippen LogP) is 3.94. The quantitative estimate of drug-likeness (QED) is 0.339. The number of carbonyl (C=O) groups excluding carboxylic acids is 4. The lowest BCUT2D eigenvalue weighted by molar-refractivity contribution is 0.0978. The summed E-state index contributed by atoms with van der Waals surface area (Å²) in [5.41, 5.74) is 0.578. The summed E-state index contributed by atoms with van der Waals surface area (Å²) in [5, 5.41) is 0.101. The molecule has 0 fully saturated rings. The molecule has 0 unspecified atom stereocenters. The highest BCUT2D eigenvalue weighted by Crippen LogP contribution is 2.28. The van der Waals surface area contributed by atoms with Crippen LogP contribution in [0.1, 0.15) is 80.3 Å². The first-order valence-corrected chi connectivity index (χ1v) is 14.7. The second kappa shape index (κ2) is 12.3. The Morgan fingerprint density at radius 3 is 1.21 bits per heavy atom. The first kappa shape index (κ1) is 31.3. The zero-order valence-corrected chi connectivity index (χ0v) is 23.9. The summed E-state index contributed by atoms with van der Waals surface area (Å²) in [6, 6.07) is 5.34.